The van der Waals surface area contributed by atoms with Crippen LogP contribution in [0.25, 0.3) is 0 Å². The zero-order valence-corrected chi connectivity index (χ0v) is 16.4. The van der Waals surface area contributed by atoms with Gasteiger partial charge in [-0.3, -0.25) is 0 Å². The van der Waals surface area contributed by atoms with Crippen LogP contribution in [-0.4, -0.2) is 0 Å². The molecule has 0 aliphatic heterocycles. The molecule has 0 heterocycles. The van der Waals surface area contributed by atoms with E-state index in [1.165, 1.54) is 25.7 Å². The molecule has 0 N–H and O–H groups in total. The van der Waals surface area contributed by atoms with Crippen molar-refractivity contribution in [2.75, 3.05) is 0 Å². The molecule has 0 saturated heterocycles. The van der Waals surface area contributed by atoms with E-state index in [0.29, 0.717) is 10.8 Å². The van der Waals surface area contributed by atoms with Gasteiger partial charge in [0.1, 0.15) is 0 Å². The van der Waals surface area contributed by atoms with Crippen LogP contribution in [0.2, 0.25) is 0 Å². The van der Waals surface area contributed by atoms with Crippen molar-refractivity contribution < 1.29 is 0 Å². The van der Waals surface area contributed by atoms with Crippen LogP contribution >= 0.6 is 0 Å². The lowest BCUT2D eigenvalue weighted by Gasteiger charge is -2.61. The summed E-state index contributed by atoms with van der Waals surface area (Å²) < 4.78 is 0. The van der Waals surface area contributed by atoms with Crippen molar-refractivity contribution in [3.05, 3.63) is 0 Å². The third kappa shape index (κ3) is 2.29. The van der Waals surface area contributed by atoms with Crippen LogP contribution in [0.3, 0.4) is 0 Å². The summed E-state index contributed by atoms with van der Waals surface area (Å²) in [5, 5.41) is 0. The van der Waals surface area contributed by atoms with Crippen molar-refractivity contribution in [1.29, 1.82) is 0 Å². The lowest BCUT2D eigenvalue weighted by atomic mass is 9.44. The Morgan fingerprint density at radius 2 is 1.48 bits per heavy atom. The van der Waals surface area contributed by atoms with Gasteiger partial charge in [0.25, 0.3) is 0 Å². The second-order valence-electron chi connectivity index (χ2n) is 11.0. The first-order valence-electron chi connectivity index (χ1n) is 10.9. The molecule has 0 aromatic rings. The topological polar surface area (TPSA) is 0 Å². The molecule has 4 aliphatic rings. The first-order valence-corrected chi connectivity index (χ1v) is 10.9. The van der Waals surface area contributed by atoms with Gasteiger partial charge in [-0.25, -0.2) is 0 Å². The van der Waals surface area contributed by atoms with Crippen LogP contribution in [0, 0.1) is 52.3 Å². The van der Waals surface area contributed by atoms with Crippen LogP contribution in [0.1, 0.15) is 92.4 Å². The van der Waals surface area contributed by atoms with Crippen molar-refractivity contribution in [2.24, 2.45) is 52.3 Å². The normalized spacial score (nSPS) is 56.1. The van der Waals surface area contributed by atoms with Gasteiger partial charge in [-0.1, -0.05) is 41.0 Å². The summed E-state index contributed by atoms with van der Waals surface area (Å²) >= 11 is 0. The summed E-state index contributed by atoms with van der Waals surface area (Å²) in [7, 11) is 0. The molecule has 8 unspecified atom stereocenters. The molecule has 0 aromatic carbocycles. The van der Waals surface area contributed by atoms with Crippen molar-refractivity contribution in [2.45, 2.75) is 92.4 Å². The lowest BCUT2D eigenvalue weighted by Crippen LogP contribution is -2.53. The second kappa shape index (κ2) is 5.50. The first-order chi connectivity index (χ1) is 10.9. The predicted octanol–water partition coefficient (Wildman–Crippen LogP) is 6.94. The van der Waals surface area contributed by atoms with Crippen LogP contribution in [0.4, 0.5) is 0 Å². The van der Waals surface area contributed by atoms with Crippen molar-refractivity contribution in [3.63, 3.8) is 0 Å². The van der Waals surface area contributed by atoms with Gasteiger partial charge in [-0.05, 0) is 104 Å². The van der Waals surface area contributed by atoms with Crippen molar-refractivity contribution in [1.82, 2.24) is 0 Å². The summed E-state index contributed by atoms with van der Waals surface area (Å²) in [6.45, 7) is 12.9. The molecule has 0 bridgehead atoms. The Balaban J connectivity index is 1.62. The second-order valence-corrected chi connectivity index (χ2v) is 11.0. The number of hydrogen-bond acceptors (Lipinski definition) is 0. The summed E-state index contributed by atoms with van der Waals surface area (Å²) in [6.07, 6.45) is 13.9. The number of hydrogen-bond donors (Lipinski definition) is 0. The molecule has 0 heteroatoms. The largest absolute Gasteiger partial charge is 0.0625 e. The van der Waals surface area contributed by atoms with Gasteiger partial charge in [0.05, 0.1) is 0 Å². The minimum absolute atomic E-state index is 0.679. The summed E-state index contributed by atoms with van der Waals surface area (Å²) in [5.41, 5.74) is 1.37. The highest BCUT2D eigenvalue weighted by molar-refractivity contribution is 5.09. The Morgan fingerprint density at radius 3 is 2.22 bits per heavy atom. The molecule has 4 fully saturated rings. The fourth-order valence-corrected chi connectivity index (χ4v) is 8.80. The monoisotopic (exact) mass is 316 g/mol. The average molecular weight is 317 g/mol. The molecule has 4 rings (SSSR count). The standard InChI is InChI=1S/C23H40/c1-15(2)19-10-11-20-18-9-8-17-7-6-16(3)14-23(17,5)21(18)12-13-22(19,20)4/h15-21H,6-14H2,1-5H3. The Kier molecular flexibility index (Phi) is 3.94. The van der Waals surface area contributed by atoms with E-state index in [2.05, 4.69) is 34.6 Å². The van der Waals surface area contributed by atoms with Crippen LogP contribution < -0.4 is 0 Å². The van der Waals surface area contributed by atoms with Gasteiger partial charge < -0.3 is 0 Å². The lowest BCUT2D eigenvalue weighted by molar-refractivity contribution is -0.121. The summed E-state index contributed by atoms with van der Waals surface area (Å²) in [6, 6.07) is 0. The fourth-order valence-electron chi connectivity index (χ4n) is 8.80. The molecule has 4 saturated carbocycles. The summed E-state index contributed by atoms with van der Waals surface area (Å²) in [5.74, 6) is 7.13. The van der Waals surface area contributed by atoms with Gasteiger partial charge in [-0.2, -0.15) is 0 Å². The summed E-state index contributed by atoms with van der Waals surface area (Å²) in [4.78, 5) is 0. The molecule has 0 nitrogen and oxygen atoms in total. The molecular formula is C23H40. The molecule has 132 valence electrons. The van der Waals surface area contributed by atoms with E-state index < -0.39 is 0 Å². The minimum atomic E-state index is 0.679. The Bertz CT molecular complexity index is 451. The zero-order valence-electron chi connectivity index (χ0n) is 16.4. The first kappa shape index (κ1) is 16.5. The maximum absolute atomic E-state index is 2.72. The average Bonchev–Trinajstić information content (AvgIpc) is 2.83. The van der Waals surface area contributed by atoms with E-state index in [0.717, 1.165) is 41.4 Å². The van der Waals surface area contributed by atoms with Gasteiger partial charge in [0, 0.05) is 0 Å². The van der Waals surface area contributed by atoms with Crippen molar-refractivity contribution >= 4 is 0 Å². The van der Waals surface area contributed by atoms with E-state index in [1.807, 2.05) is 0 Å². The van der Waals surface area contributed by atoms with Gasteiger partial charge in [0.15, 0.2) is 0 Å². The molecule has 23 heavy (non-hydrogen) atoms. The maximum atomic E-state index is 2.72. The van der Waals surface area contributed by atoms with E-state index in [1.54, 1.807) is 32.1 Å². The number of rotatable bonds is 1. The Hall–Kier alpha value is 0. The van der Waals surface area contributed by atoms with E-state index in [-0.39, 0.29) is 0 Å². The molecule has 0 spiro atoms. The molecular weight excluding hydrogens is 276 g/mol. The third-order valence-electron chi connectivity index (χ3n) is 9.74. The van der Waals surface area contributed by atoms with Gasteiger partial charge in [-0.15, -0.1) is 0 Å². The van der Waals surface area contributed by atoms with Gasteiger partial charge >= 0.3 is 0 Å². The van der Waals surface area contributed by atoms with Crippen LogP contribution in [0.5, 0.6) is 0 Å². The highest BCUT2D eigenvalue weighted by Crippen LogP contribution is 2.68. The van der Waals surface area contributed by atoms with E-state index in [4.69, 9.17) is 0 Å². The molecule has 0 amide bonds. The van der Waals surface area contributed by atoms with E-state index in [9.17, 15) is 0 Å². The van der Waals surface area contributed by atoms with Crippen LogP contribution in [0.15, 0.2) is 0 Å². The maximum Gasteiger partial charge on any atom is -0.0264 e. The third-order valence-corrected chi connectivity index (χ3v) is 9.74. The SMILES string of the molecule is CC1CCC2CCC3C(CCC4(C)C(C(C)C)CCC34)C2(C)C1. The quantitative estimate of drug-likeness (QED) is 0.491. The predicted molar refractivity (Wildman–Crippen MR) is 99.2 cm³/mol. The van der Waals surface area contributed by atoms with E-state index >= 15 is 0 Å². The smallest absolute Gasteiger partial charge is 0.0264 e. The molecule has 8 atom stereocenters. The van der Waals surface area contributed by atoms with Gasteiger partial charge in [0.2, 0.25) is 0 Å². The highest BCUT2D eigenvalue weighted by atomic mass is 14.6. The Morgan fingerprint density at radius 1 is 0.783 bits per heavy atom. The zero-order chi connectivity index (χ0) is 16.4. The van der Waals surface area contributed by atoms with Crippen LogP contribution in [-0.2, 0) is 0 Å². The molecule has 0 aromatic heterocycles. The molecule has 4 aliphatic carbocycles. The molecule has 0 radical (unpaired) electrons. The number of fused-ring (bicyclic) bond motifs is 5. The minimum Gasteiger partial charge on any atom is -0.0625 e. The fraction of sp³-hybridized carbons (Fsp3) is 1.00. The van der Waals surface area contributed by atoms with Crippen molar-refractivity contribution in [3.8, 4) is 0 Å². The Labute approximate surface area is 145 Å². The highest BCUT2D eigenvalue weighted by Gasteiger charge is 2.60.